The maximum absolute atomic E-state index is 12.5. The minimum absolute atomic E-state index is 0.371. The van der Waals surface area contributed by atoms with Gasteiger partial charge >= 0.3 is 0 Å². The van der Waals surface area contributed by atoms with Crippen LogP contribution in [0.25, 0.3) is 11.0 Å². The fourth-order valence-corrected chi connectivity index (χ4v) is 0.880. The van der Waals surface area contributed by atoms with Crippen LogP contribution in [0.1, 0.15) is 0 Å². The predicted octanol–water partition coefficient (Wildman–Crippen LogP) is 1.57. The molecule has 2 aromatic heterocycles. The fourth-order valence-electron chi connectivity index (χ4n) is 0.880. The number of fused-ring (bicyclic) bond motifs is 1. The van der Waals surface area contributed by atoms with Crippen molar-refractivity contribution in [1.82, 2.24) is 9.97 Å². The van der Waals surface area contributed by atoms with Gasteiger partial charge in [-0.1, -0.05) is 0 Å². The quantitative estimate of drug-likeness (QED) is 0.565. The highest BCUT2D eigenvalue weighted by Crippen LogP contribution is 2.07. The molecular formula is C8H4FN2. The van der Waals surface area contributed by atoms with Gasteiger partial charge in [0.2, 0.25) is 0 Å². The van der Waals surface area contributed by atoms with Crippen LogP contribution >= 0.6 is 0 Å². The van der Waals surface area contributed by atoms with Crippen LogP contribution in [-0.4, -0.2) is 9.97 Å². The number of halogens is 1. The molecule has 0 aliphatic heterocycles. The molecule has 2 nitrogen and oxygen atoms in total. The van der Waals surface area contributed by atoms with Crippen LogP contribution in [0.2, 0.25) is 0 Å². The molecule has 3 heteroatoms. The molecule has 0 aromatic carbocycles. The van der Waals surface area contributed by atoms with Crippen molar-refractivity contribution >= 4 is 11.0 Å². The summed E-state index contributed by atoms with van der Waals surface area (Å²) in [6, 6.07) is 4.72. The summed E-state index contributed by atoms with van der Waals surface area (Å²) < 4.78 is 12.5. The van der Waals surface area contributed by atoms with E-state index >= 15 is 0 Å². The van der Waals surface area contributed by atoms with Crippen LogP contribution in [0.3, 0.4) is 0 Å². The van der Waals surface area contributed by atoms with Gasteiger partial charge in [0, 0.05) is 6.07 Å². The van der Waals surface area contributed by atoms with Crippen molar-refractivity contribution in [2.75, 3.05) is 0 Å². The van der Waals surface area contributed by atoms with Gasteiger partial charge in [0.15, 0.2) is 0 Å². The Hall–Kier alpha value is -1.51. The van der Waals surface area contributed by atoms with E-state index in [0.717, 1.165) is 0 Å². The molecule has 0 saturated heterocycles. The van der Waals surface area contributed by atoms with E-state index in [1.807, 2.05) is 0 Å². The molecule has 2 rings (SSSR count). The van der Waals surface area contributed by atoms with Gasteiger partial charge in [-0.05, 0) is 12.1 Å². The number of rotatable bonds is 0. The Morgan fingerprint density at radius 2 is 2.27 bits per heavy atom. The number of aromatic nitrogens is 2. The van der Waals surface area contributed by atoms with Crippen LogP contribution < -0.4 is 0 Å². The summed E-state index contributed by atoms with van der Waals surface area (Å²) in [5, 5.41) is 0. The predicted molar refractivity (Wildman–Crippen MR) is 38.3 cm³/mol. The molecule has 53 valence electrons. The molecule has 1 radical (unpaired) electrons. The molecule has 0 spiro atoms. The van der Waals surface area contributed by atoms with Crippen molar-refractivity contribution in [2.45, 2.75) is 0 Å². The second-order valence-corrected chi connectivity index (χ2v) is 2.13. The van der Waals surface area contributed by atoms with Crippen molar-refractivity contribution in [1.29, 1.82) is 0 Å². The SMILES string of the molecule is Fc1cnc2cc[c]nc2c1. The topological polar surface area (TPSA) is 25.8 Å². The van der Waals surface area contributed by atoms with Gasteiger partial charge in [0.1, 0.15) is 5.82 Å². The Morgan fingerprint density at radius 3 is 3.18 bits per heavy atom. The molecule has 0 unspecified atom stereocenters. The zero-order valence-electron chi connectivity index (χ0n) is 5.58. The third-order valence-corrected chi connectivity index (χ3v) is 1.36. The average molecular weight is 147 g/mol. The van der Waals surface area contributed by atoms with Gasteiger partial charge in [-0.2, -0.15) is 0 Å². The van der Waals surface area contributed by atoms with E-state index in [1.165, 1.54) is 12.3 Å². The van der Waals surface area contributed by atoms with Crippen LogP contribution in [0, 0.1) is 12.0 Å². The summed E-state index contributed by atoms with van der Waals surface area (Å²) >= 11 is 0. The fraction of sp³-hybridized carbons (Fsp3) is 0. The second-order valence-electron chi connectivity index (χ2n) is 2.13. The Balaban J connectivity index is 2.83. The lowest BCUT2D eigenvalue weighted by molar-refractivity contribution is 0.624. The highest BCUT2D eigenvalue weighted by molar-refractivity contribution is 5.72. The van der Waals surface area contributed by atoms with Crippen LogP contribution in [-0.2, 0) is 0 Å². The Morgan fingerprint density at radius 1 is 1.36 bits per heavy atom. The molecule has 0 saturated carbocycles. The minimum Gasteiger partial charge on any atom is -0.252 e. The van der Waals surface area contributed by atoms with E-state index in [-0.39, 0.29) is 5.82 Å². The van der Waals surface area contributed by atoms with Gasteiger partial charge in [0.25, 0.3) is 0 Å². The molecule has 0 aliphatic carbocycles. The summed E-state index contributed by atoms with van der Waals surface area (Å²) in [7, 11) is 0. The zero-order chi connectivity index (χ0) is 7.68. The maximum Gasteiger partial charge on any atom is 0.143 e. The first-order chi connectivity index (χ1) is 5.36. The van der Waals surface area contributed by atoms with Crippen LogP contribution in [0.4, 0.5) is 4.39 Å². The monoisotopic (exact) mass is 147 g/mol. The van der Waals surface area contributed by atoms with E-state index in [1.54, 1.807) is 12.1 Å². The summed E-state index contributed by atoms with van der Waals surface area (Å²) in [5.74, 6) is -0.371. The number of hydrogen-bond donors (Lipinski definition) is 0. The van der Waals surface area contributed by atoms with Gasteiger partial charge < -0.3 is 0 Å². The molecule has 2 aromatic rings. The highest BCUT2D eigenvalue weighted by Gasteiger charge is 1.95. The third kappa shape index (κ3) is 1.05. The highest BCUT2D eigenvalue weighted by atomic mass is 19.1. The van der Waals surface area contributed by atoms with Crippen molar-refractivity contribution in [3.63, 3.8) is 0 Å². The summed E-state index contributed by atoms with van der Waals surface area (Å²) in [6.07, 6.45) is 3.78. The number of nitrogens with zero attached hydrogens (tertiary/aromatic N) is 2. The van der Waals surface area contributed by atoms with E-state index < -0.39 is 0 Å². The van der Waals surface area contributed by atoms with Crippen molar-refractivity contribution in [3.8, 4) is 0 Å². The zero-order valence-corrected chi connectivity index (χ0v) is 5.58. The van der Waals surface area contributed by atoms with E-state index in [2.05, 4.69) is 16.2 Å². The molecule has 2 heterocycles. The lowest BCUT2D eigenvalue weighted by Gasteiger charge is -1.92. The van der Waals surface area contributed by atoms with Gasteiger partial charge in [0.05, 0.1) is 23.4 Å². The van der Waals surface area contributed by atoms with Gasteiger partial charge in [-0.15, -0.1) is 0 Å². The van der Waals surface area contributed by atoms with Crippen molar-refractivity contribution < 1.29 is 4.39 Å². The number of hydrogen-bond acceptors (Lipinski definition) is 2. The largest absolute Gasteiger partial charge is 0.252 e. The molecule has 0 aliphatic rings. The van der Waals surface area contributed by atoms with Gasteiger partial charge in [-0.3, -0.25) is 4.98 Å². The maximum atomic E-state index is 12.5. The molecule has 0 N–H and O–H groups in total. The smallest absolute Gasteiger partial charge is 0.143 e. The van der Waals surface area contributed by atoms with E-state index in [4.69, 9.17) is 0 Å². The number of pyridine rings is 2. The van der Waals surface area contributed by atoms with Crippen molar-refractivity contribution in [3.05, 3.63) is 36.4 Å². The summed E-state index contributed by atoms with van der Waals surface area (Å²) in [4.78, 5) is 7.64. The van der Waals surface area contributed by atoms with Crippen LogP contribution in [0.15, 0.2) is 24.4 Å². The average Bonchev–Trinajstić information content (AvgIpc) is 2.04. The Bertz CT molecular complexity index is 387. The normalized spacial score (nSPS) is 10.3. The first kappa shape index (κ1) is 6.22. The molecule has 0 fully saturated rings. The third-order valence-electron chi connectivity index (χ3n) is 1.36. The Labute approximate surface area is 62.7 Å². The van der Waals surface area contributed by atoms with E-state index in [0.29, 0.717) is 11.0 Å². The Kier molecular flexibility index (Phi) is 1.28. The molecule has 0 bridgehead atoms. The summed E-state index contributed by atoms with van der Waals surface area (Å²) in [6.45, 7) is 0. The minimum atomic E-state index is -0.371. The standard InChI is InChI=1S/C8H4FN2/c9-6-4-8-7(11-5-6)2-1-3-10-8/h1-2,4-5H. The molecule has 0 amide bonds. The van der Waals surface area contributed by atoms with Gasteiger partial charge in [-0.25, -0.2) is 9.37 Å². The van der Waals surface area contributed by atoms with E-state index in [9.17, 15) is 4.39 Å². The first-order valence-electron chi connectivity index (χ1n) is 3.14. The molecule has 11 heavy (non-hydrogen) atoms. The lowest BCUT2D eigenvalue weighted by Crippen LogP contribution is -1.83. The second kappa shape index (κ2) is 2.27. The lowest BCUT2D eigenvalue weighted by atomic mass is 10.3. The van der Waals surface area contributed by atoms with Crippen LogP contribution in [0.5, 0.6) is 0 Å². The summed E-state index contributed by atoms with van der Waals surface area (Å²) in [5.41, 5.74) is 1.22. The molecule has 0 atom stereocenters. The van der Waals surface area contributed by atoms with Crippen molar-refractivity contribution in [2.24, 2.45) is 0 Å². The molecular weight excluding hydrogens is 143 g/mol. The first-order valence-corrected chi connectivity index (χ1v) is 3.14.